The zero-order valence-corrected chi connectivity index (χ0v) is 12.1. The largest absolute Gasteiger partial charge is 0.548 e. The van der Waals surface area contributed by atoms with Crippen molar-refractivity contribution in [2.45, 2.75) is 6.04 Å². The third-order valence-electron chi connectivity index (χ3n) is 1.68. The average Bonchev–Trinajstić information content (AvgIpc) is 2.83. The van der Waals surface area contributed by atoms with Gasteiger partial charge in [-0.3, -0.25) is 4.99 Å². The first-order valence-corrected chi connectivity index (χ1v) is 5.91. The Kier molecular flexibility index (Phi) is 11.5. The minimum atomic E-state index is -1.43. The molecule has 9 nitrogen and oxygen atoms in total. The van der Waals surface area contributed by atoms with Gasteiger partial charge in [-0.05, 0) is 0 Å². The van der Waals surface area contributed by atoms with E-state index in [4.69, 9.17) is 15.9 Å². The first kappa shape index (κ1) is 20.6. The van der Waals surface area contributed by atoms with Crippen LogP contribution in [0.25, 0.3) is 0 Å². The van der Waals surface area contributed by atoms with Crippen molar-refractivity contribution in [2.75, 3.05) is 47.4 Å². The Labute approximate surface area is 118 Å². The molecule has 0 spiro atoms. The highest BCUT2D eigenvalue weighted by Crippen LogP contribution is 1.86. The fraction of sp³-hybridized carbons (Fsp3) is 0.727. The Morgan fingerprint density at radius 3 is 2.10 bits per heavy atom. The predicted octanol–water partition coefficient (Wildman–Crippen LogP) is -3.55. The fourth-order valence-corrected chi connectivity index (χ4v) is 0.803. The third kappa shape index (κ3) is 18.6. The molecular weight excluding hydrogens is 268 g/mol. The van der Waals surface area contributed by atoms with Crippen LogP contribution in [0.5, 0.6) is 0 Å². The number of aliphatic hydroxyl groups is 1. The van der Waals surface area contributed by atoms with Gasteiger partial charge in [0.15, 0.2) is 6.54 Å². The molecule has 0 radical (unpaired) electrons. The molecular formula is C11H24N4O5. The van der Waals surface area contributed by atoms with E-state index in [0.29, 0.717) is 4.48 Å². The number of likely N-dealkylation sites (N-methyl/N-ethyl adjacent to an activating group) is 1. The van der Waals surface area contributed by atoms with Crippen LogP contribution in [-0.4, -0.2) is 86.4 Å². The van der Waals surface area contributed by atoms with Crippen molar-refractivity contribution in [1.29, 1.82) is 0 Å². The fourth-order valence-electron chi connectivity index (χ4n) is 0.803. The van der Waals surface area contributed by atoms with Crippen molar-refractivity contribution in [3.05, 3.63) is 0 Å². The number of quaternary nitrogens is 1. The number of nitrogens with two attached hydrogens (primary N) is 1. The first-order valence-electron chi connectivity index (χ1n) is 5.91. The van der Waals surface area contributed by atoms with Crippen LogP contribution in [-0.2, 0) is 9.59 Å². The monoisotopic (exact) mass is 292 g/mol. The van der Waals surface area contributed by atoms with Crippen LogP contribution in [0.3, 0.4) is 0 Å². The van der Waals surface area contributed by atoms with E-state index in [1.54, 1.807) is 6.34 Å². The standard InChI is InChI=1S/C5H11NO2.C3H6N2.C3H7NO3/c1-6(2,3)4-5(7)8;1-2-5-3-4-1;4-2(1-5)3(6)7/h4H2,1-3H3;3H,1-2H2,(H,4,5);2,5H,1,4H2,(H,6,7)/t;;2-/m..0/s1. The number of aliphatic carboxylic acids is 2. The summed E-state index contributed by atoms with van der Waals surface area (Å²) in [5.41, 5.74) is 4.70. The Balaban J connectivity index is 0. The van der Waals surface area contributed by atoms with E-state index in [1.807, 2.05) is 21.1 Å². The lowest BCUT2D eigenvalue weighted by molar-refractivity contribution is -0.862. The van der Waals surface area contributed by atoms with Gasteiger partial charge in [0.25, 0.3) is 0 Å². The van der Waals surface area contributed by atoms with Gasteiger partial charge in [-0.15, -0.1) is 0 Å². The maximum atomic E-state index is 10.00. The van der Waals surface area contributed by atoms with Crippen LogP contribution in [0, 0.1) is 0 Å². The molecule has 1 atom stereocenters. The van der Waals surface area contributed by atoms with Gasteiger partial charge in [0.1, 0.15) is 0 Å². The Morgan fingerprint density at radius 2 is 2.05 bits per heavy atom. The van der Waals surface area contributed by atoms with Crippen molar-refractivity contribution < 1.29 is 29.4 Å². The summed E-state index contributed by atoms with van der Waals surface area (Å²) in [6.07, 6.45) is 1.74. The van der Waals surface area contributed by atoms with Crippen molar-refractivity contribution in [3.63, 3.8) is 0 Å². The van der Waals surface area contributed by atoms with Gasteiger partial charge >= 0.3 is 5.97 Å². The molecule has 0 saturated carbocycles. The molecule has 0 amide bonds. The Bertz CT molecular complexity index is 308. The normalized spacial score (nSPS) is 14.1. The summed E-state index contributed by atoms with van der Waals surface area (Å²) >= 11 is 0. The molecule has 0 saturated heterocycles. The van der Waals surface area contributed by atoms with Crippen LogP contribution < -0.4 is 16.2 Å². The topological polar surface area (TPSA) is 148 Å². The second-order valence-electron chi connectivity index (χ2n) is 4.94. The number of aliphatic hydroxyl groups excluding tert-OH is 1. The lowest BCUT2D eigenvalue weighted by atomic mass is 10.3. The van der Waals surface area contributed by atoms with Gasteiger partial charge < -0.3 is 35.6 Å². The van der Waals surface area contributed by atoms with Crippen molar-refractivity contribution >= 4 is 18.3 Å². The highest BCUT2D eigenvalue weighted by Gasteiger charge is 2.11. The zero-order valence-electron chi connectivity index (χ0n) is 12.1. The van der Waals surface area contributed by atoms with E-state index in [0.717, 1.165) is 13.1 Å². The van der Waals surface area contributed by atoms with E-state index >= 15 is 0 Å². The first-order chi connectivity index (χ1) is 9.10. The smallest absolute Gasteiger partial charge is 0.359 e. The number of rotatable bonds is 4. The predicted molar refractivity (Wildman–Crippen MR) is 72.0 cm³/mol. The summed E-state index contributed by atoms with van der Waals surface area (Å²) in [5, 5.41) is 28.7. The summed E-state index contributed by atoms with van der Waals surface area (Å²) in [5.74, 6) is -2.18. The number of carboxylic acids is 2. The molecule has 0 unspecified atom stereocenters. The molecule has 5 N–H and O–H groups in total. The van der Waals surface area contributed by atoms with Crippen LogP contribution in [0.2, 0.25) is 0 Å². The molecule has 1 aliphatic heterocycles. The van der Waals surface area contributed by atoms with Gasteiger partial charge in [-0.25, -0.2) is 4.79 Å². The summed E-state index contributed by atoms with van der Waals surface area (Å²) in [7, 11) is 5.52. The van der Waals surface area contributed by atoms with E-state index in [2.05, 4.69) is 10.3 Å². The molecule has 1 heterocycles. The van der Waals surface area contributed by atoms with Crippen molar-refractivity contribution in [3.8, 4) is 0 Å². The average molecular weight is 292 g/mol. The van der Waals surface area contributed by atoms with Gasteiger partial charge in [0.2, 0.25) is 0 Å². The summed E-state index contributed by atoms with van der Waals surface area (Å²) < 4.78 is 0.481. The minimum absolute atomic E-state index is 0.181. The quantitative estimate of drug-likeness (QED) is 0.392. The van der Waals surface area contributed by atoms with Gasteiger partial charge in [0.05, 0.1) is 52.6 Å². The van der Waals surface area contributed by atoms with Crippen molar-refractivity contribution in [1.82, 2.24) is 5.32 Å². The summed E-state index contributed by atoms with van der Waals surface area (Å²) in [4.78, 5) is 23.4. The number of carbonyl (C=O) groups excluding carboxylic acids is 1. The third-order valence-corrected chi connectivity index (χ3v) is 1.68. The molecule has 0 aromatic heterocycles. The molecule has 20 heavy (non-hydrogen) atoms. The Morgan fingerprint density at radius 1 is 1.50 bits per heavy atom. The number of hydrogen-bond acceptors (Lipinski definition) is 7. The molecule has 0 aliphatic carbocycles. The molecule has 0 aromatic rings. The minimum Gasteiger partial charge on any atom is -0.548 e. The summed E-state index contributed by atoms with van der Waals surface area (Å²) in [6.45, 7) is 1.60. The van der Waals surface area contributed by atoms with Crippen LogP contribution in [0.15, 0.2) is 4.99 Å². The molecule has 0 bridgehead atoms. The van der Waals surface area contributed by atoms with Crippen LogP contribution >= 0.6 is 0 Å². The summed E-state index contributed by atoms with van der Waals surface area (Å²) in [6, 6.07) is -1.24. The highest BCUT2D eigenvalue weighted by atomic mass is 16.4. The zero-order chi connectivity index (χ0) is 16.2. The number of carbonyl (C=O) groups is 2. The van der Waals surface area contributed by atoms with Crippen LogP contribution in [0.4, 0.5) is 0 Å². The second-order valence-corrected chi connectivity index (χ2v) is 4.94. The van der Waals surface area contributed by atoms with Gasteiger partial charge in [-0.1, -0.05) is 0 Å². The molecule has 1 aliphatic rings. The van der Waals surface area contributed by atoms with Crippen LogP contribution in [0.1, 0.15) is 0 Å². The molecule has 0 fully saturated rings. The van der Waals surface area contributed by atoms with E-state index < -0.39 is 24.6 Å². The number of hydrogen-bond donors (Lipinski definition) is 4. The number of nitrogens with one attached hydrogen (secondary N) is 1. The van der Waals surface area contributed by atoms with Gasteiger partial charge in [-0.2, -0.15) is 0 Å². The SMILES string of the molecule is C1=NCCN1.C[N+](C)(C)CC(=O)O.N[C@@H](CO)C(=O)[O-]. The maximum absolute atomic E-state index is 10.00. The number of carboxylic acid groups (broad SMARTS) is 2. The van der Waals surface area contributed by atoms with Crippen molar-refractivity contribution in [2.24, 2.45) is 10.7 Å². The Hall–Kier alpha value is -1.71. The van der Waals surface area contributed by atoms with E-state index in [9.17, 15) is 14.7 Å². The number of nitrogens with zero attached hydrogens (tertiary/aromatic N) is 2. The lowest BCUT2D eigenvalue weighted by Gasteiger charge is -2.20. The molecule has 118 valence electrons. The second kappa shape index (κ2) is 11.1. The van der Waals surface area contributed by atoms with Gasteiger partial charge in [0, 0.05) is 6.54 Å². The lowest BCUT2D eigenvalue weighted by Crippen LogP contribution is -2.44. The molecule has 9 heteroatoms. The van der Waals surface area contributed by atoms with E-state index in [-0.39, 0.29) is 6.54 Å². The highest BCUT2D eigenvalue weighted by molar-refractivity contribution is 5.70. The molecule has 1 rings (SSSR count). The number of aliphatic imine (C=N–C) groups is 1. The van der Waals surface area contributed by atoms with E-state index in [1.165, 1.54) is 0 Å². The maximum Gasteiger partial charge on any atom is 0.359 e. The molecule has 0 aromatic carbocycles.